The summed E-state index contributed by atoms with van der Waals surface area (Å²) in [6, 6.07) is 10.3. The minimum absolute atomic E-state index is 0.841. The van der Waals surface area contributed by atoms with E-state index in [0.29, 0.717) is 0 Å². The van der Waals surface area contributed by atoms with E-state index < -0.39 is 0 Å². The molecule has 0 N–H and O–H groups in total. The molecule has 1 heteroatoms. The largest absolute Gasteiger partial charge is 0.256 e. The highest BCUT2D eigenvalue weighted by Crippen LogP contribution is 2.15. The van der Waals surface area contributed by atoms with Crippen LogP contribution in [0.3, 0.4) is 0 Å². The average molecular weight is 221 g/mol. The predicted molar refractivity (Wildman–Crippen MR) is 73.9 cm³/mol. The Morgan fingerprint density at radius 3 is 2.82 bits per heavy atom. The van der Waals surface area contributed by atoms with Crippen LogP contribution in [0.4, 0.5) is 0 Å². The van der Waals surface area contributed by atoms with Crippen LogP contribution in [0.2, 0.25) is 0 Å². The molecule has 1 heterocycles. The SMILES string of the molecule is C=C/C=C(\C=C)Cc1cnc2ccccc2c1. The van der Waals surface area contributed by atoms with Crippen LogP contribution in [0, 0.1) is 0 Å². The van der Waals surface area contributed by atoms with Crippen LogP contribution in [0.1, 0.15) is 5.56 Å². The van der Waals surface area contributed by atoms with Gasteiger partial charge in [0.1, 0.15) is 0 Å². The summed E-state index contributed by atoms with van der Waals surface area (Å²) in [5, 5.41) is 1.17. The lowest BCUT2D eigenvalue weighted by Gasteiger charge is -2.03. The van der Waals surface area contributed by atoms with Crippen LogP contribution in [0.5, 0.6) is 0 Å². The van der Waals surface area contributed by atoms with Crippen molar-refractivity contribution in [2.24, 2.45) is 0 Å². The monoisotopic (exact) mass is 221 g/mol. The number of para-hydroxylation sites is 1. The van der Waals surface area contributed by atoms with Gasteiger partial charge in [0.05, 0.1) is 5.52 Å². The van der Waals surface area contributed by atoms with Gasteiger partial charge in [-0.1, -0.05) is 49.6 Å². The fourth-order valence-electron chi connectivity index (χ4n) is 1.80. The number of hydrogen-bond acceptors (Lipinski definition) is 1. The van der Waals surface area contributed by atoms with Gasteiger partial charge in [-0.05, 0) is 29.7 Å². The van der Waals surface area contributed by atoms with E-state index in [1.54, 1.807) is 6.08 Å². The van der Waals surface area contributed by atoms with E-state index in [1.165, 1.54) is 10.9 Å². The molecule has 1 nitrogen and oxygen atoms in total. The van der Waals surface area contributed by atoms with Crippen LogP contribution in [0.25, 0.3) is 10.9 Å². The normalized spacial score (nSPS) is 11.4. The predicted octanol–water partition coefficient (Wildman–Crippen LogP) is 4.08. The van der Waals surface area contributed by atoms with Crippen LogP contribution >= 0.6 is 0 Å². The molecule has 0 saturated carbocycles. The Kier molecular flexibility index (Phi) is 3.51. The van der Waals surface area contributed by atoms with E-state index in [0.717, 1.165) is 17.5 Å². The summed E-state index contributed by atoms with van der Waals surface area (Å²) in [4.78, 5) is 4.44. The van der Waals surface area contributed by atoms with Gasteiger partial charge in [0.2, 0.25) is 0 Å². The Morgan fingerprint density at radius 2 is 2.06 bits per heavy atom. The van der Waals surface area contributed by atoms with Gasteiger partial charge in [-0.15, -0.1) is 0 Å². The highest BCUT2D eigenvalue weighted by Gasteiger charge is 1.99. The maximum Gasteiger partial charge on any atom is 0.0702 e. The molecule has 0 aliphatic carbocycles. The lowest BCUT2D eigenvalue weighted by molar-refractivity contribution is 1.17. The quantitative estimate of drug-likeness (QED) is 0.709. The van der Waals surface area contributed by atoms with Crippen molar-refractivity contribution in [2.75, 3.05) is 0 Å². The number of pyridine rings is 1. The van der Waals surface area contributed by atoms with Crippen molar-refractivity contribution in [1.29, 1.82) is 0 Å². The van der Waals surface area contributed by atoms with E-state index in [9.17, 15) is 0 Å². The Balaban J connectivity index is 2.33. The Bertz CT molecular complexity index is 579. The molecule has 0 radical (unpaired) electrons. The van der Waals surface area contributed by atoms with Crippen LogP contribution in [0.15, 0.2) is 73.5 Å². The van der Waals surface area contributed by atoms with Crippen molar-refractivity contribution in [3.8, 4) is 0 Å². The molecular formula is C16H15N. The first kappa shape index (κ1) is 11.3. The molecule has 0 spiro atoms. The van der Waals surface area contributed by atoms with Gasteiger partial charge in [0.25, 0.3) is 0 Å². The molecule has 0 aliphatic heterocycles. The maximum absolute atomic E-state index is 4.44. The number of fused-ring (bicyclic) bond motifs is 1. The highest BCUT2D eigenvalue weighted by molar-refractivity contribution is 5.78. The standard InChI is InChI=1S/C16H15N/c1-3-7-13(4-2)10-14-11-15-8-5-6-9-16(15)17-12-14/h3-9,11-12H,1-2,10H2/b13-7+. The summed E-state index contributed by atoms with van der Waals surface area (Å²) in [6.45, 7) is 7.50. The van der Waals surface area contributed by atoms with Crippen LogP contribution in [-0.2, 0) is 6.42 Å². The first-order valence-corrected chi connectivity index (χ1v) is 5.61. The molecule has 0 fully saturated rings. The fraction of sp³-hybridized carbons (Fsp3) is 0.0625. The van der Waals surface area contributed by atoms with Crippen molar-refractivity contribution in [3.63, 3.8) is 0 Å². The number of nitrogens with zero attached hydrogens (tertiary/aromatic N) is 1. The fourth-order valence-corrected chi connectivity index (χ4v) is 1.80. The zero-order valence-corrected chi connectivity index (χ0v) is 9.76. The lowest BCUT2D eigenvalue weighted by Crippen LogP contribution is -1.90. The van der Waals surface area contributed by atoms with Crippen LogP contribution in [-0.4, -0.2) is 4.98 Å². The minimum atomic E-state index is 0.841. The zero-order chi connectivity index (χ0) is 12.1. The second kappa shape index (κ2) is 5.26. The number of benzene rings is 1. The molecule has 84 valence electrons. The Labute approximate surface area is 102 Å². The molecule has 0 aliphatic rings. The minimum Gasteiger partial charge on any atom is -0.256 e. The van der Waals surface area contributed by atoms with Crippen molar-refractivity contribution in [1.82, 2.24) is 4.98 Å². The molecule has 2 rings (SSSR count). The second-order valence-electron chi connectivity index (χ2n) is 3.89. The third-order valence-corrected chi connectivity index (χ3v) is 2.65. The number of rotatable bonds is 4. The summed E-state index contributed by atoms with van der Waals surface area (Å²) < 4.78 is 0. The average Bonchev–Trinajstić information content (AvgIpc) is 2.38. The summed E-state index contributed by atoms with van der Waals surface area (Å²) in [5.74, 6) is 0. The lowest BCUT2D eigenvalue weighted by atomic mass is 10.0. The van der Waals surface area contributed by atoms with Crippen molar-refractivity contribution >= 4 is 10.9 Å². The van der Waals surface area contributed by atoms with Gasteiger partial charge in [0.15, 0.2) is 0 Å². The molecule has 1 aromatic carbocycles. The molecule has 2 aromatic rings. The second-order valence-corrected chi connectivity index (χ2v) is 3.89. The summed E-state index contributed by atoms with van der Waals surface area (Å²) >= 11 is 0. The van der Waals surface area contributed by atoms with E-state index in [2.05, 4.69) is 30.3 Å². The molecule has 0 amide bonds. The molecule has 0 atom stereocenters. The Hall–Kier alpha value is -2.15. The first-order valence-electron chi connectivity index (χ1n) is 5.61. The topological polar surface area (TPSA) is 12.9 Å². The number of allylic oxidation sites excluding steroid dienone is 4. The summed E-state index contributed by atoms with van der Waals surface area (Å²) in [5.41, 5.74) is 3.37. The molecule has 17 heavy (non-hydrogen) atoms. The molecule has 0 saturated heterocycles. The van der Waals surface area contributed by atoms with Gasteiger partial charge >= 0.3 is 0 Å². The zero-order valence-electron chi connectivity index (χ0n) is 9.76. The van der Waals surface area contributed by atoms with E-state index in [4.69, 9.17) is 0 Å². The highest BCUT2D eigenvalue weighted by atomic mass is 14.6. The Morgan fingerprint density at radius 1 is 1.24 bits per heavy atom. The van der Waals surface area contributed by atoms with Gasteiger partial charge in [-0.3, -0.25) is 4.98 Å². The van der Waals surface area contributed by atoms with Crippen LogP contribution < -0.4 is 0 Å². The third kappa shape index (κ3) is 2.70. The molecule has 0 unspecified atom stereocenters. The van der Waals surface area contributed by atoms with E-state index in [1.807, 2.05) is 36.5 Å². The van der Waals surface area contributed by atoms with Crippen molar-refractivity contribution in [2.45, 2.75) is 6.42 Å². The van der Waals surface area contributed by atoms with Crippen molar-refractivity contribution in [3.05, 3.63) is 79.1 Å². The summed E-state index contributed by atoms with van der Waals surface area (Å²) in [6.07, 6.45) is 8.38. The third-order valence-electron chi connectivity index (χ3n) is 2.65. The van der Waals surface area contributed by atoms with Gasteiger partial charge < -0.3 is 0 Å². The smallest absolute Gasteiger partial charge is 0.0702 e. The van der Waals surface area contributed by atoms with E-state index >= 15 is 0 Å². The molecule has 0 bridgehead atoms. The van der Waals surface area contributed by atoms with Gasteiger partial charge in [0, 0.05) is 11.6 Å². The maximum atomic E-state index is 4.44. The number of aromatic nitrogens is 1. The van der Waals surface area contributed by atoms with Gasteiger partial charge in [-0.2, -0.15) is 0 Å². The first-order chi connectivity index (χ1) is 8.33. The molecule has 1 aromatic heterocycles. The molecular weight excluding hydrogens is 206 g/mol. The van der Waals surface area contributed by atoms with Gasteiger partial charge in [-0.25, -0.2) is 0 Å². The van der Waals surface area contributed by atoms with E-state index in [-0.39, 0.29) is 0 Å². The summed E-state index contributed by atoms with van der Waals surface area (Å²) in [7, 11) is 0. The van der Waals surface area contributed by atoms with Crippen molar-refractivity contribution < 1.29 is 0 Å². The number of hydrogen-bond donors (Lipinski definition) is 0.